The Labute approximate surface area is 61.4 Å². The van der Waals surface area contributed by atoms with E-state index in [1.807, 2.05) is 6.92 Å². The quantitative estimate of drug-likeness (QED) is 0.378. The number of nitrogens with zero attached hydrogens (tertiary/aromatic N) is 1. The molecule has 0 aromatic carbocycles. The molecule has 3 N–H and O–H groups in total. The van der Waals surface area contributed by atoms with Crippen LogP contribution in [0.25, 0.3) is 0 Å². The second kappa shape index (κ2) is 6.95. The fourth-order valence-corrected chi connectivity index (χ4v) is 0.680. The molecule has 0 radical (unpaired) electrons. The van der Waals surface area contributed by atoms with Crippen LogP contribution in [0, 0.1) is 0 Å². The standard InChI is InChI=1S/C6H16N2O2/c1-2-7-5-3-4-6-8(9)10/h7,9-10H,2-6H2,1H3. The number of hydrogen-bond acceptors (Lipinski definition) is 4. The summed E-state index contributed by atoms with van der Waals surface area (Å²) >= 11 is 0. The topological polar surface area (TPSA) is 55.7 Å². The van der Waals surface area contributed by atoms with Crippen molar-refractivity contribution in [3.63, 3.8) is 0 Å². The van der Waals surface area contributed by atoms with Gasteiger partial charge in [-0.3, -0.25) is 10.4 Å². The third kappa shape index (κ3) is 7.84. The third-order valence-corrected chi connectivity index (χ3v) is 1.21. The first-order valence-electron chi connectivity index (χ1n) is 3.63. The second-order valence-electron chi connectivity index (χ2n) is 2.16. The van der Waals surface area contributed by atoms with Crippen LogP contribution in [0.5, 0.6) is 0 Å². The van der Waals surface area contributed by atoms with E-state index in [0.29, 0.717) is 6.54 Å². The molecule has 0 rings (SSSR count). The molecule has 0 saturated heterocycles. The Bertz CT molecular complexity index is 68.8. The lowest BCUT2D eigenvalue weighted by Gasteiger charge is -2.05. The monoisotopic (exact) mass is 148 g/mol. The van der Waals surface area contributed by atoms with Gasteiger partial charge >= 0.3 is 0 Å². The largest absolute Gasteiger partial charge is 0.317 e. The summed E-state index contributed by atoms with van der Waals surface area (Å²) in [5.41, 5.74) is 0. The first kappa shape index (κ1) is 9.84. The summed E-state index contributed by atoms with van der Waals surface area (Å²) in [4.78, 5) is 0. The van der Waals surface area contributed by atoms with Gasteiger partial charge in [0.1, 0.15) is 0 Å². The Kier molecular flexibility index (Phi) is 6.84. The molecule has 0 aliphatic rings. The summed E-state index contributed by atoms with van der Waals surface area (Å²) in [6.45, 7) is 4.29. The van der Waals surface area contributed by atoms with E-state index in [-0.39, 0.29) is 5.23 Å². The average molecular weight is 148 g/mol. The first-order valence-corrected chi connectivity index (χ1v) is 3.63. The minimum atomic E-state index is 0.228. The second-order valence-corrected chi connectivity index (χ2v) is 2.16. The van der Waals surface area contributed by atoms with E-state index in [0.717, 1.165) is 25.9 Å². The highest BCUT2D eigenvalue weighted by molar-refractivity contribution is 4.44. The molecule has 0 spiro atoms. The van der Waals surface area contributed by atoms with Gasteiger partial charge in [-0.25, -0.2) is 0 Å². The van der Waals surface area contributed by atoms with Gasteiger partial charge in [0, 0.05) is 0 Å². The van der Waals surface area contributed by atoms with E-state index in [4.69, 9.17) is 10.4 Å². The zero-order chi connectivity index (χ0) is 7.82. The van der Waals surface area contributed by atoms with Crippen molar-refractivity contribution >= 4 is 0 Å². The van der Waals surface area contributed by atoms with E-state index in [1.165, 1.54) is 0 Å². The van der Waals surface area contributed by atoms with Crippen LogP contribution in [-0.2, 0) is 0 Å². The Morgan fingerprint density at radius 2 is 2.00 bits per heavy atom. The summed E-state index contributed by atoms with van der Waals surface area (Å²) < 4.78 is 0. The number of rotatable bonds is 6. The van der Waals surface area contributed by atoms with Crippen molar-refractivity contribution in [1.29, 1.82) is 0 Å². The molecule has 0 amide bonds. The molecule has 4 nitrogen and oxygen atoms in total. The van der Waals surface area contributed by atoms with Crippen LogP contribution in [-0.4, -0.2) is 35.3 Å². The zero-order valence-electron chi connectivity index (χ0n) is 6.38. The maximum atomic E-state index is 8.28. The van der Waals surface area contributed by atoms with Gasteiger partial charge in [0.25, 0.3) is 0 Å². The molecule has 0 aliphatic heterocycles. The third-order valence-electron chi connectivity index (χ3n) is 1.21. The van der Waals surface area contributed by atoms with Crippen LogP contribution in [0.2, 0.25) is 0 Å². The van der Waals surface area contributed by atoms with Crippen molar-refractivity contribution in [2.75, 3.05) is 19.6 Å². The van der Waals surface area contributed by atoms with E-state index in [9.17, 15) is 0 Å². The number of hydroxylamine groups is 2. The molecule has 4 heteroatoms. The molecule has 10 heavy (non-hydrogen) atoms. The normalized spacial score (nSPS) is 10.8. The highest BCUT2D eigenvalue weighted by Crippen LogP contribution is 1.87. The lowest BCUT2D eigenvalue weighted by molar-refractivity contribution is -0.306. The van der Waals surface area contributed by atoms with E-state index in [2.05, 4.69) is 5.32 Å². The van der Waals surface area contributed by atoms with Gasteiger partial charge in [0.05, 0.1) is 6.54 Å². The molecule has 0 unspecified atom stereocenters. The van der Waals surface area contributed by atoms with Gasteiger partial charge in [-0.1, -0.05) is 12.2 Å². The highest BCUT2D eigenvalue weighted by atomic mass is 16.8. The summed E-state index contributed by atoms with van der Waals surface area (Å²) in [7, 11) is 0. The van der Waals surface area contributed by atoms with Crippen molar-refractivity contribution in [3.8, 4) is 0 Å². The zero-order valence-corrected chi connectivity index (χ0v) is 6.38. The van der Waals surface area contributed by atoms with Crippen molar-refractivity contribution in [2.24, 2.45) is 0 Å². The molecule has 62 valence electrons. The summed E-state index contributed by atoms with van der Waals surface area (Å²) in [5.74, 6) is 0. The molecular weight excluding hydrogens is 132 g/mol. The highest BCUT2D eigenvalue weighted by Gasteiger charge is 1.92. The molecule has 0 fully saturated rings. The molecule has 0 aliphatic carbocycles. The van der Waals surface area contributed by atoms with Gasteiger partial charge in [0.15, 0.2) is 0 Å². The molecule has 0 atom stereocenters. The van der Waals surface area contributed by atoms with Gasteiger partial charge in [-0.05, 0) is 25.9 Å². The van der Waals surface area contributed by atoms with Gasteiger partial charge in [-0.2, -0.15) is 0 Å². The van der Waals surface area contributed by atoms with Crippen LogP contribution < -0.4 is 5.32 Å². The van der Waals surface area contributed by atoms with Crippen LogP contribution in [0.15, 0.2) is 0 Å². The number of hydrogen-bond donors (Lipinski definition) is 3. The van der Waals surface area contributed by atoms with Gasteiger partial charge < -0.3 is 5.32 Å². The van der Waals surface area contributed by atoms with Gasteiger partial charge in [-0.15, -0.1) is 0 Å². The fraction of sp³-hybridized carbons (Fsp3) is 1.00. The Morgan fingerprint density at radius 1 is 1.30 bits per heavy atom. The molecular formula is C6H16N2O2. The lowest BCUT2D eigenvalue weighted by atomic mass is 10.3. The Hall–Kier alpha value is -0.160. The van der Waals surface area contributed by atoms with Crippen molar-refractivity contribution in [2.45, 2.75) is 19.8 Å². The van der Waals surface area contributed by atoms with Crippen LogP contribution in [0.1, 0.15) is 19.8 Å². The molecule has 0 bridgehead atoms. The maximum absolute atomic E-state index is 8.28. The van der Waals surface area contributed by atoms with Gasteiger partial charge in [0.2, 0.25) is 0 Å². The van der Waals surface area contributed by atoms with Crippen molar-refractivity contribution < 1.29 is 10.4 Å². The number of unbranched alkanes of at least 4 members (excludes halogenated alkanes) is 1. The molecule has 0 saturated carbocycles. The summed E-state index contributed by atoms with van der Waals surface area (Å²) in [6, 6.07) is 0. The SMILES string of the molecule is CCNCCCCN(O)O. The minimum Gasteiger partial charge on any atom is -0.317 e. The first-order chi connectivity index (χ1) is 4.77. The van der Waals surface area contributed by atoms with E-state index >= 15 is 0 Å². The average Bonchev–Trinajstić information content (AvgIpc) is 1.87. The summed E-state index contributed by atoms with van der Waals surface area (Å²) in [5, 5.41) is 19.9. The maximum Gasteiger partial charge on any atom is 0.0513 e. The van der Waals surface area contributed by atoms with Crippen molar-refractivity contribution in [3.05, 3.63) is 0 Å². The molecule has 0 aromatic heterocycles. The number of nitrogens with one attached hydrogen (secondary N) is 1. The summed E-state index contributed by atoms with van der Waals surface area (Å²) in [6.07, 6.45) is 1.78. The minimum absolute atomic E-state index is 0.228. The van der Waals surface area contributed by atoms with E-state index in [1.54, 1.807) is 0 Å². The van der Waals surface area contributed by atoms with Crippen LogP contribution >= 0.6 is 0 Å². The Balaban J connectivity index is 2.77. The fourth-order valence-electron chi connectivity index (χ4n) is 0.680. The predicted molar refractivity (Wildman–Crippen MR) is 38.1 cm³/mol. The van der Waals surface area contributed by atoms with Crippen molar-refractivity contribution in [1.82, 2.24) is 10.5 Å². The lowest BCUT2D eigenvalue weighted by Crippen LogP contribution is -2.18. The predicted octanol–water partition coefficient (Wildman–Crippen LogP) is 0.457. The molecule has 0 heterocycles. The van der Waals surface area contributed by atoms with Crippen LogP contribution in [0.4, 0.5) is 0 Å². The van der Waals surface area contributed by atoms with E-state index < -0.39 is 0 Å². The van der Waals surface area contributed by atoms with Crippen LogP contribution in [0.3, 0.4) is 0 Å². The Morgan fingerprint density at radius 3 is 2.50 bits per heavy atom. The molecule has 0 aromatic rings. The smallest absolute Gasteiger partial charge is 0.0513 e.